The average molecular weight is 230 g/mol. The summed E-state index contributed by atoms with van der Waals surface area (Å²) >= 11 is 0. The summed E-state index contributed by atoms with van der Waals surface area (Å²) in [6.07, 6.45) is -0.127. The Kier molecular flexibility index (Phi) is 9.32. The second-order valence-corrected chi connectivity index (χ2v) is 2.67. The Morgan fingerprint density at radius 1 is 1.33 bits per heavy atom. The Morgan fingerprint density at radius 2 is 1.87 bits per heavy atom. The van der Waals surface area contributed by atoms with E-state index in [0.29, 0.717) is 0 Å². The summed E-state index contributed by atoms with van der Waals surface area (Å²) in [5, 5.41) is 10.8. The molecule has 1 atom stereocenters. The van der Waals surface area contributed by atoms with Crippen molar-refractivity contribution in [1.29, 1.82) is 0 Å². The van der Waals surface area contributed by atoms with E-state index in [1.54, 1.807) is 0 Å². The van der Waals surface area contributed by atoms with Gasteiger partial charge in [-0.25, -0.2) is 4.79 Å². The predicted octanol–water partition coefficient (Wildman–Crippen LogP) is -3.14. The second kappa shape index (κ2) is 8.45. The predicted molar refractivity (Wildman–Crippen MR) is 55.6 cm³/mol. The molecule has 0 aliphatic rings. The van der Waals surface area contributed by atoms with Gasteiger partial charge in [0.1, 0.15) is 6.04 Å². The van der Waals surface area contributed by atoms with Crippen LogP contribution >= 0.6 is 0 Å². The first kappa shape index (κ1) is 16.6. The lowest BCUT2D eigenvalue weighted by Gasteiger charge is -2.12. The fourth-order valence-corrected chi connectivity index (χ4v) is 0.797. The van der Waals surface area contributed by atoms with Gasteiger partial charge in [0.2, 0.25) is 11.8 Å². The van der Waals surface area contributed by atoms with Gasteiger partial charge in [-0.1, -0.05) is 0 Å². The fraction of sp³-hybridized carbons (Fsp3) is 0.571. The van der Waals surface area contributed by atoms with E-state index in [-0.39, 0.29) is 42.4 Å². The Balaban J connectivity index is 0. The molecule has 0 saturated heterocycles. The first-order chi connectivity index (χ1) is 6.47. The van der Waals surface area contributed by atoms with Crippen molar-refractivity contribution in [1.82, 2.24) is 5.32 Å². The van der Waals surface area contributed by atoms with Crippen LogP contribution in [0.4, 0.5) is 0 Å². The molecule has 0 aliphatic heterocycles. The van der Waals surface area contributed by atoms with E-state index in [1.165, 1.54) is 0 Å². The summed E-state index contributed by atoms with van der Waals surface area (Å²) in [7, 11) is 0. The highest BCUT2D eigenvalue weighted by atomic mass is 24.3. The van der Waals surface area contributed by atoms with Gasteiger partial charge < -0.3 is 21.9 Å². The molecule has 0 rings (SSSR count). The van der Waals surface area contributed by atoms with Crippen LogP contribution in [0.5, 0.6) is 0 Å². The number of nitrogens with two attached hydrogens (primary N) is 2. The van der Waals surface area contributed by atoms with Crippen molar-refractivity contribution >= 4 is 40.8 Å². The summed E-state index contributed by atoms with van der Waals surface area (Å²) in [6.45, 7) is -0.291. The van der Waals surface area contributed by atoms with Gasteiger partial charge in [-0.3, -0.25) is 9.59 Å². The molecule has 1 unspecified atom stereocenters. The first-order valence-electron chi connectivity index (χ1n) is 3.98. The summed E-state index contributed by atoms with van der Waals surface area (Å²) < 4.78 is 0. The third-order valence-electron chi connectivity index (χ3n) is 1.50. The molecule has 0 aromatic rings. The third kappa shape index (κ3) is 8.15. The number of primary amides is 1. The summed E-state index contributed by atoms with van der Waals surface area (Å²) in [4.78, 5) is 31.7. The maximum absolute atomic E-state index is 10.8. The average Bonchev–Trinajstić information content (AvgIpc) is 2.10. The van der Waals surface area contributed by atoms with E-state index in [1.807, 2.05) is 0 Å². The van der Waals surface area contributed by atoms with E-state index in [0.717, 1.165) is 0 Å². The molecule has 15 heavy (non-hydrogen) atoms. The van der Waals surface area contributed by atoms with Crippen molar-refractivity contribution in [3.8, 4) is 0 Å². The molecule has 0 radical (unpaired) electrons. The highest BCUT2D eigenvalue weighted by Gasteiger charge is 2.19. The lowest BCUT2D eigenvalue weighted by molar-refractivity contribution is -0.141. The number of hydrogen-bond donors (Lipinski definition) is 4. The van der Waals surface area contributed by atoms with Gasteiger partial charge in [0.25, 0.3) is 0 Å². The van der Waals surface area contributed by atoms with Crippen LogP contribution in [-0.4, -0.2) is 58.5 Å². The number of aliphatic carboxylic acids is 1. The monoisotopic (exact) mass is 229 g/mol. The standard InChI is InChI=1S/C7H13N3O4.Mg.2H/c8-3-6(12)10-4(7(13)14)1-2-5(9)11;;;/h4H,1-3,8H2,(H2,9,11)(H,10,12)(H,13,14);;;. The summed E-state index contributed by atoms with van der Waals surface area (Å²) in [5.41, 5.74) is 9.81. The third-order valence-corrected chi connectivity index (χ3v) is 1.50. The van der Waals surface area contributed by atoms with Gasteiger partial charge in [0.15, 0.2) is 0 Å². The van der Waals surface area contributed by atoms with E-state index >= 15 is 0 Å². The zero-order chi connectivity index (χ0) is 11.1. The molecule has 0 aromatic carbocycles. The lowest BCUT2D eigenvalue weighted by atomic mass is 10.1. The normalized spacial score (nSPS) is 11.0. The highest BCUT2D eigenvalue weighted by molar-refractivity contribution is 5.85. The molecule has 84 valence electrons. The molecule has 0 spiro atoms. The van der Waals surface area contributed by atoms with Crippen LogP contribution in [-0.2, 0) is 14.4 Å². The maximum Gasteiger partial charge on any atom is 0.326 e. The van der Waals surface area contributed by atoms with Gasteiger partial charge in [-0.05, 0) is 6.42 Å². The number of hydrogen-bond acceptors (Lipinski definition) is 4. The highest BCUT2D eigenvalue weighted by Crippen LogP contribution is 1.96. The van der Waals surface area contributed by atoms with Crippen molar-refractivity contribution < 1.29 is 19.5 Å². The van der Waals surface area contributed by atoms with Gasteiger partial charge in [-0.2, -0.15) is 0 Å². The fourth-order valence-electron chi connectivity index (χ4n) is 0.797. The number of carbonyl (C=O) groups is 3. The maximum atomic E-state index is 10.8. The Labute approximate surface area is 103 Å². The van der Waals surface area contributed by atoms with Gasteiger partial charge in [-0.15, -0.1) is 0 Å². The number of carboxylic acids is 1. The van der Waals surface area contributed by atoms with Crippen LogP contribution in [0.2, 0.25) is 0 Å². The number of carbonyl (C=O) groups excluding carboxylic acids is 2. The molecule has 8 heteroatoms. The van der Waals surface area contributed by atoms with Crippen molar-refractivity contribution in [3.63, 3.8) is 0 Å². The molecular formula is C7H15MgN3O4. The van der Waals surface area contributed by atoms with Crippen LogP contribution in [0.3, 0.4) is 0 Å². The molecule has 0 aliphatic carbocycles. The van der Waals surface area contributed by atoms with Gasteiger partial charge in [0.05, 0.1) is 6.54 Å². The molecule has 2 amide bonds. The molecular weight excluding hydrogens is 214 g/mol. The molecule has 6 N–H and O–H groups in total. The SMILES string of the molecule is NCC(=O)NC(CCC(N)=O)C(=O)O.[MgH2]. The Bertz CT molecular complexity index is 246. The van der Waals surface area contributed by atoms with Gasteiger partial charge >= 0.3 is 29.0 Å². The molecule has 0 bridgehead atoms. The minimum absolute atomic E-state index is 0. The number of carboxylic acid groups (broad SMARTS) is 1. The van der Waals surface area contributed by atoms with Crippen LogP contribution in [0, 0.1) is 0 Å². The minimum Gasteiger partial charge on any atom is -0.480 e. The first-order valence-corrected chi connectivity index (χ1v) is 3.98. The minimum atomic E-state index is -1.21. The molecule has 0 fully saturated rings. The Morgan fingerprint density at radius 3 is 2.20 bits per heavy atom. The Hall–Kier alpha value is -0.864. The lowest BCUT2D eigenvalue weighted by Crippen LogP contribution is -2.43. The van der Waals surface area contributed by atoms with Gasteiger partial charge in [0, 0.05) is 6.42 Å². The largest absolute Gasteiger partial charge is 0.480 e. The topological polar surface area (TPSA) is 136 Å². The van der Waals surface area contributed by atoms with Crippen LogP contribution in [0.1, 0.15) is 12.8 Å². The second-order valence-electron chi connectivity index (χ2n) is 2.67. The van der Waals surface area contributed by atoms with E-state index < -0.39 is 23.8 Å². The van der Waals surface area contributed by atoms with Crippen LogP contribution < -0.4 is 16.8 Å². The van der Waals surface area contributed by atoms with Crippen LogP contribution in [0.25, 0.3) is 0 Å². The quantitative estimate of drug-likeness (QED) is 0.357. The smallest absolute Gasteiger partial charge is 0.326 e. The van der Waals surface area contributed by atoms with E-state index in [9.17, 15) is 14.4 Å². The van der Waals surface area contributed by atoms with Crippen LogP contribution in [0.15, 0.2) is 0 Å². The van der Waals surface area contributed by atoms with E-state index in [2.05, 4.69) is 5.32 Å². The van der Waals surface area contributed by atoms with Crippen molar-refractivity contribution in [2.45, 2.75) is 18.9 Å². The van der Waals surface area contributed by atoms with Crippen molar-refractivity contribution in [3.05, 3.63) is 0 Å². The molecule has 7 nitrogen and oxygen atoms in total. The zero-order valence-electron chi connectivity index (χ0n) is 7.53. The molecule has 0 heterocycles. The summed E-state index contributed by atoms with van der Waals surface area (Å²) in [6, 6.07) is -1.11. The molecule has 0 aromatic heterocycles. The number of nitrogens with one attached hydrogen (secondary N) is 1. The zero-order valence-corrected chi connectivity index (χ0v) is 7.53. The van der Waals surface area contributed by atoms with Crippen molar-refractivity contribution in [2.75, 3.05) is 6.54 Å². The van der Waals surface area contributed by atoms with E-state index in [4.69, 9.17) is 16.6 Å². The number of amides is 2. The number of rotatable bonds is 6. The summed E-state index contributed by atoms with van der Waals surface area (Å²) in [5.74, 6) is -2.41. The molecule has 0 saturated carbocycles. The van der Waals surface area contributed by atoms with Crippen molar-refractivity contribution in [2.24, 2.45) is 11.5 Å².